The van der Waals surface area contributed by atoms with Crippen molar-refractivity contribution in [3.63, 3.8) is 0 Å². The quantitative estimate of drug-likeness (QED) is 0.835. The lowest BCUT2D eigenvalue weighted by Crippen LogP contribution is -2.23. The van der Waals surface area contributed by atoms with Crippen molar-refractivity contribution in [1.29, 1.82) is 0 Å². The second kappa shape index (κ2) is 4.29. The average molecular weight is 244 g/mol. The van der Waals surface area contributed by atoms with E-state index in [1.807, 2.05) is 19.9 Å². The molecule has 1 heterocycles. The molecule has 0 radical (unpaired) electrons. The number of aryl methyl sites for hydroxylation is 3. The van der Waals surface area contributed by atoms with Crippen molar-refractivity contribution in [2.45, 2.75) is 20.8 Å². The third-order valence-electron chi connectivity index (χ3n) is 3.09. The van der Waals surface area contributed by atoms with E-state index in [0.29, 0.717) is 5.69 Å². The molecule has 2 aromatic rings. The van der Waals surface area contributed by atoms with E-state index < -0.39 is 0 Å². The molecule has 0 spiro atoms. The molecule has 1 aromatic heterocycles. The highest BCUT2D eigenvalue weighted by atomic mass is 16.3. The Morgan fingerprint density at radius 2 is 1.83 bits per heavy atom. The van der Waals surface area contributed by atoms with Crippen LogP contribution in [0.4, 0.5) is 0 Å². The Hall–Kier alpha value is -2.10. The fourth-order valence-electron chi connectivity index (χ4n) is 2.23. The van der Waals surface area contributed by atoms with Crippen LogP contribution in [0.1, 0.15) is 17.0 Å². The summed E-state index contributed by atoms with van der Waals surface area (Å²) in [6, 6.07) is 5.11. The maximum absolute atomic E-state index is 11.9. The van der Waals surface area contributed by atoms with Gasteiger partial charge in [0.25, 0.3) is 5.56 Å². The van der Waals surface area contributed by atoms with Crippen LogP contribution in [0.2, 0.25) is 0 Å². The predicted molar refractivity (Wildman–Crippen MR) is 70.8 cm³/mol. The molecule has 0 unspecified atom stereocenters. The first-order chi connectivity index (χ1) is 8.41. The van der Waals surface area contributed by atoms with Crippen molar-refractivity contribution >= 4 is 0 Å². The van der Waals surface area contributed by atoms with Crippen molar-refractivity contribution in [3.8, 4) is 17.0 Å². The summed E-state index contributed by atoms with van der Waals surface area (Å²) in [4.78, 5) is 16.2. The average Bonchev–Trinajstić information content (AvgIpc) is 2.29. The van der Waals surface area contributed by atoms with E-state index >= 15 is 0 Å². The highest BCUT2D eigenvalue weighted by Crippen LogP contribution is 2.27. The first-order valence-corrected chi connectivity index (χ1v) is 5.76. The standard InChI is InChI=1S/C14H16N2O2/c1-8-7-11(17)5-6-12(8)13-9(2)15-10(3)14(18)16(13)4/h5-7,17H,1-4H3. The molecule has 0 fully saturated rings. The van der Waals surface area contributed by atoms with Crippen LogP contribution in [0.3, 0.4) is 0 Å². The van der Waals surface area contributed by atoms with Crippen molar-refractivity contribution in [1.82, 2.24) is 9.55 Å². The lowest BCUT2D eigenvalue weighted by Gasteiger charge is -2.14. The van der Waals surface area contributed by atoms with Gasteiger partial charge in [-0.25, -0.2) is 0 Å². The maximum Gasteiger partial charge on any atom is 0.272 e. The minimum atomic E-state index is -0.0944. The minimum Gasteiger partial charge on any atom is -0.508 e. The number of phenolic OH excluding ortho intramolecular Hbond substituents is 1. The van der Waals surface area contributed by atoms with Crippen molar-refractivity contribution < 1.29 is 5.11 Å². The molecule has 0 saturated carbocycles. The van der Waals surface area contributed by atoms with E-state index in [9.17, 15) is 9.90 Å². The number of aromatic nitrogens is 2. The van der Waals surface area contributed by atoms with Crippen LogP contribution in [0.25, 0.3) is 11.3 Å². The summed E-state index contributed by atoms with van der Waals surface area (Å²) in [6.07, 6.45) is 0. The summed E-state index contributed by atoms with van der Waals surface area (Å²) in [6.45, 7) is 5.50. The lowest BCUT2D eigenvalue weighted by molar-refractivity contribution is 0.475. The van der Waals surface area contributed by atoms with E-state index in [-0.39, 0.29) is 11.3 Å². The molecule has 18 heavy (non-hydrogen) atoms. The van der Waals surface area contributed by atoms with Crippen molar-refractivity contribution in [2.24, 2.45) is 7.05 Å². The summed E-state index contributed by atoms with van der Waals surface area (Å²) in [5.41, 5.74) is 3.83. The fraction of sp³-hybridized carbons (Fsp3) is 0.286. The highest BCUT2D eigenvalue weighted by Gasteiger charge is 2.13. The normalized spacial score (nSPS) is 10.7. The number of hydrogen-bond acceptors (Lipinski definition) is 3. The Morgan fingerprint density at radius 1 is 1.17 bits per heavy atom. The largest absolute Gasteiger partial charge is 0.508 e. The Morgan fingerprint density at radius 3 is 2.44 bits per heavy atom. The number of aromatic hydroxyl groups is 1. The van der Waals surface area contributed by atoms with Gasteiger partial charge in [-0.05, 0) is 44.5 Å². The second-order valence-corrected chi connectivity index (χ2v) is 4.49. The number of hydrogen-bond donors (Lipinski definition) is 1. The van der Waals surface area contributed by atoms with Gasteiger partial charge in [-0.15, -0.1) is 0 Å². The Labute approximate surface area is 106 Å². The maximum atomic E-state index is 11.9. The molecule has 1 aromatic carbocycles. The number of benzene rings is 1. The summed E-state index contributed by atoms with van der Waals surface area (Å²) < 4.78 is 1.61. The molecule has 2 rings (SSSR count). The second-order valence-electron chi connectivity index (χ2n) is 4.49. The van der Waals surface area contributed by atoms with Gasteiger partial charge in [0.1, 0.15) is 11.4 Å². The first-order valence-electron chi connectivity index (χ1n) is 5.76. The molecule has 4 nitrogen and oxygen atoms in total. The van der Waals surface area contributed by atoms with Gasteiger partial charge < -0.3 is 9.67 Å². The van der Waals surface area contributed by atoms with Crippen molar-refractivity contribution in [3.05, 3.63) is 45.5 Å². The molecule has 0 atom stereocenters. The molecule has 0 aliphatic heterocycles. The topological polar surface area (TPSA) is 55.1 Å². The molecule has 0 bridgehead atoms. The van der Waals surface area contributed by atoms with Crippen LogP contribution in [-0.2, 0) is 7.05 Å². The van der Waals surface area contributed by atoms with Gasteiger partial charge in [-0.3, -0.25) is 9.78 Å². The van der Waals surface area contributed by atoms with Crippen molar-refractivity contribution in [2.75, 3.05) is 0 Å². The predicted octanol–water partition coefficient (Wildman–Crippen LogP) is 2.08. The van der Waals surface area contributed by atoms with E-state index in [0.717, 1.165) is 22.5 Å². The molecular weight excluding hydrogens is 228 g/mol. The smallest absolute Gasteiger partial charge is 0.272 e. The van der Waals surface area contributed by atoms with Crippen LogP contribution < -0.4 is 5.56 Å². The minimum absolute atomic E-state index is 0.0944. The molecule has 94 valence electrons. The zero-order valence-electron chi connectivity index (χ0n) is 11.0. The van der Waals surface area contributed by atoms with E-state index in [2.05, 4.69) is 4.98 Å². The molecule has 4 heteroatoms. The number of phenols is 1. The van der Waals surface area contributed by atoms with Gasteiger partial charge in [0.05, 0.1) is 11.4 Å². The monoisotopic (exact) mass is 244 g/mol. The third-order valence-corrected chi connectivity index (χ3v) is 3.09. The van der Waals surface area contributed by atoms with Crippen LogP contribution in [0, 0.1) is 20.8 Å². The van der Waals surface area contributed by atoms with Gasteiger partial charge in [-0.1, -0.05) is 0 Å². The third kappa shape index (κ3) is 1.90. The van der Waals surface area contributed by atoms with E-state index in [4.69, 9.17) is 0 Å². The zero-order valence-corrected chi connectivity index (χ0v) is 11.0. The molecule has 0 aliphatic carbocycles. The molecule has 0 aliphatic rings. The lowest BCUT2D eigenvalue weighted by atomic mass is 10.0. The van der Waals surface area contributed by atoms with Gasteiger partial charge in [0, 0.05) is 12.6 Å². The molecule has 1 N–H and O–H groups in total. The summed E-state index contributed by atoms with van der Waals surface area (Å²) in [5.74, 6) is 0.221. The summed E-state index contributed by atoms with van der Waals surface area (Å²) in [5, 5.41) is 9.44. The summed E-state index contributed by atoms with van der Waals surface area (Å²) in [7, 11) is 1.74. The van der Waals surface area contributed by atoms with Crippen LogP contribution >= 0.6 is 0 Å². The van der Waals surface area contributed by atoms with E-state index in [1.165, 1.54) is 0 Å². The molecular formula is C14H16N2O2. The number of nitrogens with zero attached hydrogens (tertiary/aromatic N) is 2. The fourth-order valence-corrected chi connectivity index (χ4v) is 2.23. The van der Waals surface area contributed by atoms with Gasteiger partial charge in [0.2, 0.25) is 0 Å². The Balaban J connectivity index is 2.79. The van der Waals surface area contributed by atoms with Gasteiger partial charge >= 0.3 is 0 Å². The van der Waals surface area contributed by atoms with Crippen LogP contribution in [0.5, 0.6) is 5.75 Å². The Bertz CT molecular complexity index is 672. The highest BCUT2D eigenvalue weighted by molar-refractivity contribution is 5.67. The van der Waals surface area contributed by atoms with Crippen LogP contribution in [0.15, 0.2) is 23.0 Å². The van der Waals surface area contributed by atoms with Gasteiger partial charge in [-0.2, -0.15) is 0 Å². The summed E-state index contributed by atoms with van der Waals surface area (Å²) >= 11 is 0. The van der Waals surface area contributed by atoms with Crippen LogP contribution in [-0.4, -0.2) is 14.7 Å². The Kier molecular flexibility index (Phi) is 2.95. The SMILES string of the molecule is Cc1cc(O)ccc1-c1c(C)nc(C)c(=O)n1C. The number of rotatable bonds is 1. The van der Waals surface area contributed by atoms with E-state index in [1.54, 1.807) is 30.7 Å². The first kappa shape index (κ1) is 12.4. The molecule has 0 saturated heterocycles. The van der Waals surface area contributed by atoms with Gasteiger partial charge in [0.15, 0.2) is 0 Å². The zero-order chi connectivity index (χ0) is 13.4. The molecule has 0 amide bonds.